The maximum Gasteiger partial charge on any atom is 0.181 e. The monoisotopic (exact) mass is 277 g/mol. The van der Waals surface area contributed by atoms with Gasteiger partial charge in [0.05, 0.1) is 11.8 Å². The predicted molar refractivity (Wildman–Crippen MR) is 82.5 cm³/mol. The van der Waals surface area contributed by atoms with Gasteiger partial charge in [0.1, 0.15) is 6.20 Å². The molecule has 0 fully saturated rings. The highest BCUT2D eigenvalue weighted by atomic mass is 16.3. The molecule has 0 atom stereocenters. The lowest BCUT2D eigenvalue weighted by atomic mass is 9.97. The molecule has 0 saturated carbocycles. The van der Waals surface area contributed by atoms with E-state index in [1.807, 2.05) is 18.2 Å². The fourth-order valence-corrected chi connectivity index (χ4v) is 2.35. The fourth-order valence-electron chi connectivity index (χ4n) is 2.35. The molecule has 0 saturated heterocycles. The van der Waals surface area contributed by atoms with E-state index in [1.54, 1.807) is 6.20 Å². The van der Waals surface area contributed by atoms with Crippen LogP contribution in [0, 0.1) is 12.1 Å². The van der Waals surface area contributed by atoms with Gasteiger partial charge in [0.25, 0.3) is 0 Å². The number of hydrogen-bond donors (Lipinski definition) is 0. The third-order valence-corrected chi connectivity index (χ3v) is 3.27. The molecule has 105 valence electrons. The minimum atomic E-state index is 0.561. The molecule has 3 heteroatoms. The Morgan fingerprint density at radius 1 is 1.19 bits per heavy atom. The molecule has 1 radical (unpaired) electrons. The summed E-state index contributed by atoms with van der Waals surface area (Å²) in [5.41, 5.74) is 4.11. The summed E-state index contributed by atoms with van der Waals surface area (Å²) >= 11 is 0. The van der Waals surface area contributed by atoms with Crippen molar-refractivity contribution >= 4 is 0 Å². The lowest BCUT2D eigenvalue weighted by Crippen LogP contribution is -1.99. The van der Waals surface area contributed by atoms with E-state index < -0.39 is 0 Å². The van der Waals surface area contributed by atoms with Crippen molar-refractivity contribution in [3.63, 3.8) is 0 Å². The second-order valence-electron chi connectivity index (χ2n) is 5.48. The van der Waals surface area contributed by atoms with Gasteiger partial charge in [-0.1, -0.05) is 44.2 Å². The first kappa shape index (κ1) is 13.6. The first-order valence-electron chi connectivity index (χ1n) is 7.10. The molecule has 21 heavy (non-hydrogen) atoms. The average Bonchev–Trinajstić information content (AvgIpc) is 3.01. The Bertz CT molecular complexity index is 703. The molecule has 1 aromatic carbocycles. The van der Waals surface area contributed by atoms with Gasteiger partial charge >= 0.3 is 0 Å². The van der Waals surface area contributed by atoms with E-state index in [4.69, 9.17) is 4.42 Å². The van der Waals surface area contributed by atoms with Gasteiger partial charge in [0, 0.05) is 5.69 Å². The molecule has 3 aromatic rings. The standard InChI is InChI=1S/C18H17N2O/c1-13(2)8-15-9-16(14-6-4-3-5-7-14)17(10-20-15)18-11-19-12-21-18/h3-7,9,11-13H,8H2,1-2H3. The number of benzene rings is 1. The van der Waals surface area contributed by atoms with Crippen molar-refractivity contribution in [3.05, 3.63) is 60.9 Å². The van der Waals surface area contributed by atoms with Crippen LogP contribution in [0.5, 0.6) is 0 Å². The van der Waals surface area contributed by atoms with E-state index >= 15 is 0 Å². The Morgan fingerprint density at radius 3 is 2.67 bits per heavy atom. The summed E-state index contributed by atoms with van der Waals surface area (Å²) in [6, 6.07) is 12.4. The van der Waals surface area contributed by atoms with Crippen LogP contribution in [-0.4, -0.2) is 9.97 Å². The number of rotatable bonds is 4. The number of nitrogens with zero attached hydrogens (tertiary/aromatic N) is 2. The number of oxazole rings is 1. The van der Waals surface area contributed by atoms with E-state index in [9.17, 15) is 0 Å². The Morgan fingerprint density at radius 2 is 2.00 bits per heavy atom. The summed E-state index contributed by atoms with van der Waals surface area (Å²) in [4.78, 5) is 8.44. The summed E-state index contributed by atoms with van der Waals surface area (Å²) in [5, 5.41) is 0. The molecule has 0 aliphatic rings. The highest BCUT2D eigenvalue weighted by Crippen LogP contribution is 2.31. The van der Waals surface area contributed by atoms with Gasteiger partial charge in [-0.05, 0) is 29.5 Å². The van der Waals surface area contributed by atoms with Crippen LogP contribution in [0.3, 0.4) is 0 Å². The third kappa shape index (κ3) is 3.02. The number of hydrogen-bond acceptors (Lipinski definition) is 3. The molecule has 3 rings (SSSR count). The van der Waals surface area contributed by atoms with Crippen molar-refractivity contribution in [2.24, 2.45) is 5.92 Å². The van der Waals surface area contributed by atoms with Crippen LogP contribution in [0.25, 0.3) is 22.5 Å². The van der Waals surface area contributed by atoms with Gasteiger partial charge in [-0.3, -0.25) is 4.98 Å². The van der Waals surface area contributed by atoms with Gasteiger partial charge in [0.15, 0.2) is 12.2 Å². The van der Waals surface area contributed by atoms with Crippen molar-refractivity contribution in [3.8, 4) is 22.5 Å². The molecule has 0 amide bonds. The van der Waals surface area contributed by atoms with Crippen molar-refractivity contribution in [1.82, 2.24) is 9.97 Å². The second-order valence-corrected chi connectivity index (χ2v) is 5.48. The number of pyridine rings is 1. The fraction of sp³-hybridized carbons (Fsp3) is 0.222. The highest BCUT2D eigenvalue weighted by molar-refractivity contribution is 5.80. The van der Waals surface area contributed by atoms with Crippen LogP contribution >= 0.6 is 0 Å². The molecule has 0 aliphatic heterocycles. The minimum absolute atomic E-state index is 0.561. The van der Waals surface area contributed by atoms with E-state index in [1.165, 1.54) is 6.39 Å². The van der Waals surface area contributed by atoms with Crippen LogP contribution in [0.2, 0.25) is 0 Å². The van der Waals surface area contributed by atoms with Gasteiger partial charge in [-0.2, -0.15) is 0 Å². The minimum Gasteiger partial charge on any atom is -0.443 e. The molecular formula is C18H17N2O. The Labute approximate surface area is 124 Å². The average molecular weight is 277 g/mol. The van der Waals surface area contributed by atoms with E-state index in [0.29, 0.717) is 11.7 Å². The van der Waals surface area contributed by atoms with Crippen LogP contribution in [0.4, 0.5) is 0 Å². The van der Waals surface area contributed by atoms with Gasteiger partial charge < -0.3 is 4.42 Å². The van der Waals surface area contributed by atoms with Gasteiger partial charge in [-0.15, -0.1) is 0 Å². The van der Waals surface area contributed by atoms with Gasteiger partial charge in [-0.25, -0.2) is 4.98 Å². The largest absolute Gasteiger partial charge is 0.443 e. The van der Waals surface area contributed by atoms with Gasteiger partial charge in [0.2, 0.25) is 0 Å². The second kappa shape index (κ2) is 5.92. The molecule has 0 aliphatic carbocycles. The quantitative estimate of drug-likeness (QED) is 0.709. The zero-order valence-corrected chi connectivity index (χ0v) is 12.2. The predicted octanol–water partition coefficient (Wildman–Crippen LogP) is 4.40. The molecule has 0 spiro atoms. The van der Waals surface area contributed by atoms with Crippen LogP contribution in [0.1, 0.15) is 19.5 Å². The molecular weight excluding hydrogens is 260 g/mol. The zero-order valence-electron chi connectivity index (χ0n) is 12.2. The van der Waals surface area contributed by atoms with Crippen LogP contribution in [0.15, 0.2) is 53.4 Å². The normalized spacial score (nSPS) is 11.0. The summed E-state index contributed by atoms with van der Waals surface area (Å²) in [6.45, 7) is 4.38. The Kier molecular flexibility index (Phi) is 3.82. The Hall–Kier alpha value is -2.42. The van der Waals surface area contributed by atoms with Crippen molar-refractivity contribution < 1.29 is 4.42 Å². The van der Waals surface area contributed by atoms with Crippen LogP contribution < -0.4 is 0 Å². The number of aromatic nitrogens is 2. The molecule has 3 nitrogen and oxygen atoms in total. The summed E-state index contributed by atoms with van der Waals surface area (Å²) in [5.74, 6) is 1.25. The SMILES string of the molecule is CC(C)Cc1cc(-c2ccccc2)c(-c2cnco2)[c]n1. The highest BCUT2D eigenvalue weighted by Gasteiger charge is 2.13. The summed E-state index contributed by atoms with van der Waals surface area (Å²) in [6.07, 6.45) is 7.19. The topological polar surface area (TPSA) is 38.9 Å². The molecule has 0 bridgehead atoms. The maximum absolute atomic E-state index is 5.42. The lowest BCUT2D eigenvalue weighted by molar-refractivity contribution is 0.571. The molecule has 0 N–H and O–H groups in total. The van der Waals surface area contributed by atoms with Crippen LogP contribution in [-0.2, 0) is 6.42 Å². The Balaban J connectivity index is 2.12. The lowest BCUT2D eigenvalue weighted by Gasteiger charge is -2.10. The van der Waals surface area contributed by atoms with E-state index in [2.05, 4.69) is 48.2 Å². The molecule has 0 unspecified atom stereocenters. The van der Waals surface area contributed by atoms with Crippen molar-refractivity contribution in [1.29, 1.82) is 0 Å². The maximum atomic E-state index is 5.42. The smallest absolute Gasteiger partial charge is 0.181 e. The molecule has 2 aromatic heterocycles. The van der Waals surface area contributed by atoms with E-state index in [-0.39, 0.29) is 0 Å². The first-order chi connectivity index (χ1) is 10.2. The first-order valence-corrected chi connectivity index (χ1v) is 7.10. The molecule has 2 heterocycles. The third-order valence-electron chi connectivity index (χ3n) is 3.27. The van der Waals surface area contributed by atoms with Crippen molar-refractivity contribution in [2.45, 2.75) is 20.3 Å². The summed E-state index contributed by atoms with van der Waals surface area (Å²) in [7, 11) is 0. The van der Waals surface area contributed by atoms with E-state index in [0.717, 1.165) is 28.8 Å². The van der Waals surface area contributed by atoms with Crippen molar-refractivity contribution in [2.75, 3.05) is 0 Å². The zero-order chi connectivity index (χ0) is 14.7. The summed E-state index contributed by atoms with van der Waals surface area (Å²) < 4.78 is 5.42.